The fraction of sp³-hybridized carbons (Fsp3) is 0.480. The zero-order valence-corrected chi connectivity index (χ0v) is 18.2. The van der Waals surface area contributed by atoms with E-state index in [0.717, 1.165) is 43.9 Å². The normalized spacial score (nSPS) is 20.1. The lowest BCUT2D eigenvalue weighted by molar-refractivity contribution is -0.121. The predicted molar refractivity (Wildman–Crippen MR) is 119 cm³/mol. The van der Waals surface area contributed by atoms with Gasteiger partial charge in [0.25, 0.3) is 0 Å². The standard InChI is InChI=1S/C25H32FN3O2/c1-28-12-14-29(15-13-28)18-20-16-19(6-7-24(20)31)17-27-25(10-8-21(30)9-11-25)22-4-2-3-5-23(22)26/h2-7,16,27,31H,8-15,17-18H2,1H3. The van der Waals surface area contributed by atoms with Crippen molar-refractivity contribution in [3.63, 3.8) is 0 Å². The molecular weight excluding hydrogens is 393 g/mol. The molecule has 6 heteroatoms. The van der Waals surface area contributed by atoms with Crippen molar-refractivity contribution < 1.29 is 14.3 Å². The van der Waals surface area contributed by atoms with E-state index in [9.17, 15) is 14.3 Å². The quantitative estimate of drug-likeness (QED) is 0.743. The Morgan fingerprint density at radius 2 is 1.77 bits per heavy atom. The summed E-state index contributed by atoms with van der Waals surface area (Å²) in [5.74, 6) is 0.327. The zero-order valence-electron chi connectivity index (χ0n) is 18.2. The highest BCUT2D eigenvalue weighted by Crippen LogP contribution is 2.37. The van der Waals surface area contributed by atoms with Crippen LogP contribution in [-0.4, -0.2) is 53.9 Å². The number of Topliss-reactive ketones (excluding diaryl/α,β-unsaturated/α-hetero) is 1. The third-order valence-corrected chi connectivity index (χ3v) is 6.82. The van der Waals surface area contributed by atoms with Crippen LogP contribution < -0.4 is 5.32 Å². The van der Waals surface area contributed by atoms with Crippen molar-refractivity contribution in [3.05, 3.63) is 65.0 Å². The Labute approximate surface area is 183 Å². The minimum Gasteiger partial charge on any atom is -0.508 e. The fourth-order valence-electron chi connectivity index (χ4n) is 4.74. The van der Waals surface area contributed by atoms with Crippen molar-refractivity contribution in [1.82, 2.24) is 15.1 Å². The summed E-state index contributed by atoms with van der Waals surface area (Å²) in [4.78, 5) is 16.6. The van der Waals surface area contributed by atoms with E-state index in [0.29, 0.717) is 43.5 Å². The molecule has 2 fully saturated rings. The van der Waals surface area contributed by atoms with E-state index in [2.05, 4.69) is 22.2 Å². The molecule has 5 nitrogen and oxygen atoms in total. The molecule has 2 N–H and O–H groups in total. The van der Waals surface area contributed by atoms with Crippen LogP contribution >= 0.6 is 0 Å². The first kappa shape index (κ1) is 21.9. The second-order valence-electron chi connectivity index (χ2n) is 9.00. The molecule has 1 aliphatic carbocycles. The molecule has 2 aromatic rings. The molecule has 166 valence electrons. The van der Waals surface area contributed by atoms with Crippen LogP contribution in [0.3, 0.4) is 0 Å². The number of likely N-dealkylation sites (N-methyl/N-ethyl adjacent to an activating group) is 1. The van der Waals surface area contributed by atoms with Gasteiger partial charge >= 0.3 is 0 Å². The van der Waals surface area contributed by atoms with E-state index in [4.69, 9.17) is 0 Å². The first-order chi connectivity index (χ1) is 14.9. The van der Waals surface area contributed by atoms with Gasteiger partial charge in [0.1, 0.15) is 17.3 Å². The van der Waals surface area contributed by atoms with E-state index >= 15 is 0 Å². The maximum atomic E-state index is 14.7. The molecule has 1 saturated heterocycles. The Morgan fingerprint density at radius 3 is 2.48 bits per heavy atom. The van der Waals surface area contributed by atoms with Gasteiger partial charge in [0.2, 0.25) is 0 Å². The third kappa shape index (κ3) is 5.14. The summed E-state index contributed by atoms with van der Waals surface area (Å²) in [6.45, 7) is 5.32. The molecule has 2 aliphatic rings. The fourth-order valence-corrected chi connectivity index (χ4v) is 4.74. The zero-order chi connectivity index (χ0) is 21.8. The molecule has 0 radical (unpaired) electrons. The summed E-state index contributed by atoms with van der Waals surface area (Å²) in [7, 11) is 2.13. The van der Waals surface area contributed by atoms with Gasteiger partial charge in [-0.25, -0.2) is 4.39 Å². The molecule has 4 rings (SSSR count). The third-order valence-electron chi connectivity index (χ3n) is 6.82. The number of halogens is 1. The molecule has 0 amide bonds. The summed E-state index contributed by atoms with van der Waals surface area (Å²) in [6, 6.07) is 12.6. The van der Waals surface area contributed by atoms with Crippen LogP contribution in [0.15, 0.2) is 42.5 Å². The van der Waals surface area contributed by atoms with Crippen molar-refractivity contribution in [3.8, 4) is 5.75 Å². The lowest BCUT2D eigenvalue weighted by Gasteiger charge is -2.39. The molecule has 2 aromatic carbocycles. The van der Waals surface area contributed by atoms with E-state index in [1.54, 1.807) is 12.1 Å². The molecule has 31 heavy (non-hydrogen) atoms. The highest BCUT2D eigenvalue weighted by atomic mass is 19.1. The first-order valence-corrected chi connectivity index (χ1v) is 11.2. The molecular formula is C25H32FN3O2. The van der Waals surface area contributed by atoms with Crippen molar-refractivity contribution >= 4 is 5.78 Å². The van der Waals surface area contributed by atoms with Crippen LogP contribution in [0.25, 0.3) is 0 Å². The summed E-state index contributed by atoms with van der Waals surface area (Å²) >= 11 is 0. The number of benzene rings is 2. The first-order valence-electron chi connectivity index (χ1n) is 11.2. The SMILES string of the molecule is CN1CCN(Cc2cc(CNC3(c4ccccc4F)CCC(=O)CC3)ccc2O)CC1. The average Bonchev–Trinajstić information content (AvgIpc) is 2.77. The van der Waals surface area contributed by atoms with Crippen molar-refractivity contribution in [2.75, 3.05) is 33.2 Å². The van der Waals surface area contributed by atoms with E-state index in [1.807, 2.05) is 24.3 Å². The van der Waals surface area contributed by atoms with Gasteiger partial charge in [0, 0.05) is 68.8 Å². The Balaban J connectivity index is 1.50. The number of carbonyl (C=O) groups is 1. The van der Waals surface area contributed by atoms with Gasteiger partial charge in [-0.1, -0.05) is 24.3 Å². The molecule has 1 aliphatic heterocycles. The van der Waals surface area contributed by atoms with E-state index in [1.165, 1.54) is 6.07 Å². The Kier molecular flexibility index (Phi) is 6.70. The topological polar surface area (TPSA) is 55.8 Å². The minimum absolute atomic E-state index is 0.231. The van der Waals surface area contributed by atoms with Gasteiger partial charge in [-0.3, -0.25) is 9.69 Å². The maximum Gasteiger partial charge on any atom is 0.133 e. The number of aromatic hydroxyl groups is 1. The molecule has 0 unspecified atom stereocenters. The predicted octanol–water partition coefficient (Wildman–Crippen LogP) is 3.41. The second-order valence-corrected chi connectivity index (χ2v) is 9.00. The van der Waals surface area contributed by atoms with Crippen LogP contribution in [-0.2, 0) is 23.4 Å². The maximum absolute atomic E-state index is 14.7. The van der Waals surface area contributed by atoms with Gasteiger partial charge in [0.15, 0.2) is 0 Å². The van der Waals surface area contributed by atoms with Crippen LogP contribution in [0.1, 0.15) is 42.4 Å². The van der Waals surface area contributed by atoms with Gasteiger partial charge in [-0.05, 0) is 43.7 Å². The Hall–Kier alpha value is -2.28. The summed E-state index contributed by atoms with van der Waals surface area (Å²) in [5.41, 5.74) is 2.06. The highest BCUT2D eigenvalue weighted by Gasteiger charge is 2.37. The summed E-state index contributed by atoms with van der Waals surface area (Å²) in [6.07, 6.45) is 2.12. The number of piperazine rings is 1. The minimum atomic E-state index is -0.547. The number of nitrogens with zero attached hydrogens (tertiary/aromatic N) is 2. The lowest BCUT2D eigenvalue weighted by Crippen LogP contribution is -2.45. The summed E-state index contributed by atoms with van der Waals surface area (Å²) < 4.78 is 14.7. The Bertz CT molecular complexity index is 915. The Morgan fingerprint density at radius 1 is 1.06 bits per heavy atom. The molecule has 1 heterocycles. The van der Waals surface area contributed by atoms with Crippen LogP contribution in [0.4, 0.5) is 4.39 Å². The van der Waals surface area contributed by atoms with Gasteiger partial charge < -0.3 is 15.3 Å². The molecule has 1 saturated carbocycles. The number of ketones is 1. The van der Waals surface area contributed by atoms with Crippen LogP contribution in [0, 0.1) is 5.82 Å². The molecule has 0 aromatic heterocycles. The lowest BCUT2D eigenvalue weighted by atomic mass is 9.75. The largest absolute Gasteiger partial charge is 0.508 e. The van der Waals surface area contributed by atoms with Crippen LogP contribution in [0.5, 0.6) is 5.75 Å². The smallest absolute Gasteiger partial charge is 0.133 e. The van der Waals surface area contributed by atoms with Gasteiger partial charge in [0.05, 0.1) is 0 Å². The number of rotatable bonds is 6. The number of phenols is 1. The van der Waals surface area contributed by atoms with Crippen molar-refractivity contribution in [1.29, 1.82) is 0 Å². The number of hydrogen-bond donors (Lipinski definition) is 2. The number of carbonyl (C=O) groups excluding carboxylic acids is 1. The van der Waals surface area contributed by atoms with Crippen LogP contribution in [0.2, 0.25) is 0 Å². The number of hydrogen-bond acceptors (Lipinski definition) is 5. The average molecular weight is 426 g/mol. The second kappa shape index (κ2) is 9.47. The summed E-state index contributed by atoms with van der Waals surface area (Å²) in [5, 5.41) is 14.0. The molecule has 0 atom stereocenters. The van der Waals surface area contributed by atoms with Gasteiger partial charge in [-0.2, -0.15) is 0 Å². The van der Waals surface area contributed by atoms with Crippen molar-refractivity contribution in [2.45, 2.75) is 44.3 Å². The van der Waals surface area contributed by atoms with Crippen molar-refractivity contribution in [2.24, 2.45) is 0 Å². The number of phenolic OH excluding ortho intramolecular Hbond substituents is 1. The monoisotopic (exact) mass is 425 g/mol. The number of nitrogens with one attached hydrogen (secondary N) is 1. The van der Waals surface area contributed by atoms with Gasteiger partial charge in [-0.15, -0.1) is 0 Å². The van der Waals surface area contributed by atoms with E-state index in [-0.39, 0.29) is 11.6 Å². The van der Waals surface area contributed by atoms with E-state index < -0.39 is 5.54 Å². The molecule has 0 spiro atoms. The highest BCUT2D eigenvalue weighted by molar-refractivity contribution is 5.79. The molecule has 0 bridgehead atoms.